The van der Waals surface area contributed by atoms with Gasteiger partial charge in [0, 0.05) is 5.02 Å². The molecular formula is C15H17ClO. The Morgan fingerprint density at radius 2 is 2.06 bits per heavy atom. The molecule has 0 radical (unpaired) electrons. The Hall–Kier alpha value is -0.790. The smallest absolute Gasteiger partial charge is 0.115 e. The molecule has 0 aromatic heterocycles. The molecule has 0 bridgehead atoms. The van der Waals surface area contributed by atoms with Crippen LogP contribution < -0.4 is 0 Å². The second-order valence-corrected chi connectivity index (χ2v) is 5.63. The normalized spacial score (nSPS) is 34.2. The number of hydrogen-bond donors (Lipinski definition) is 0. The maximum absolute atomic E-state index is 5.90. The van der Waals surface area contributed by atoms with Crippen molar-refractivity contribution in [1.82, 2.24) is 0 Å². The molecule has 1 aromatic carbocycles. The van der Waals surface area contributed by atoms with Gasteiger partial charge < -0.3 is 4.74 Å². The summed E-state index contributed by atoms with van der Waals surface area (Å²) in [5.41, 5.74) is 2.78. The summed E-state index contributed by atoms with van der Waals surface area (Å²) in [5, 5.41) is 0.793. The zero-order valence-corrected chi connectivity index (χ0v) is 10.8. The number of benzene rings is 1. The molecule has 2 fully saturated rings. The molecule has 1 saturated heterocycles. The van der Waals surface area contributed by atoms with Crippen molar-refractivity contribution in [2.45, 2.75) is 31.8 Å². The predicted octanol–water partition coefficient (Wildman–Crippen LogP) is 4.31. The molecule has 90 valence electrons. The van der Waals surface area contributed by atoms with Crippen LogP contribution in [0.3, 0.4) is 0 Å². The summed E-state index contributed by atoms with van der Waals surface area (Å²) in [7, 11) is 0. The molecule has 0 N–H and O–H groups in total. The Morgan fingerprint density at radius 3 is 2.71 bits per heavy atom. The van der Waals surface area contributed by atoms with Crippen LogP contribution in [-0.2, 0) is 4.74 Å². The molecule has 2 aliphatic rings. The van der Waals surface area contributed by atoms with E-state index in [1.807, 2.05) is 12.1 Å². The lowest BCUT2D eigenvalue weighted by Gasteiger charge is -2.28. The number of hydrogen-bond acceptors (Lipinski definition) is 1. The monoisotopic (exact) mass is 248 g/mol. The maximum atomic E-state index is 5.90. The molecule has 17 heavy (non-hydrogen) atoms. The van der Waals surface area contributed by atoms with Crippen molar-refractivity contribution in [2.24, 2.45) is 5.92 Å². The molecule has 1 nitrogen and oxygen atoms in total. The summed E-state index contributed by atoms with van der Waals surface area (Å²) >= 11 is 5.90. The van der Waals surface area contributed by atoms with Gasteiger partial charge in [-0.1, -0.05) is 36.7 Å². The Labute approximate surface area is 107 Å². The van der Waals surface area contributed by atoms with Gasteiger partial charge in [-0.2, -0.15) is 0 Å². The van der Waals surface area contributed by atoms with Crippen molar-refractivity contribution < 1.29 is 4.74 Å². The van der Waals surface area contributed by atoms with Gasteiger partial charge in [-0.3, -0.25) is 0 Å². The van der Waals surface area contributed by atoms with Crippen molar-refractivity contribution in [2.75, 3.05) is 6.61 Å². The van der Waals surface area contributed by atoms with Crippen molar-refractivity contribution >= 4 is 17.7 Å². The lowest BCUT2D eigenvalue weighted by Crippen LogP contribution is -2.28. The van der Waals surface area contributed by atoms with Crippen LogP contribution >= 0.6 is 11.6 Å². The van der Waals surface area contributed by atoms with Crippen LogP contribution in [0.5, 0.6) is 0 Å². The summed E-state index contributed by atoms with van der Waals surface area (Å²) in [6.07, 6.45) is 6.04. The van der Waals surface area contributed by atoms with Gasteiger partial charge in [-0.05, 0) is 48.4 Å². The van der Waals surface area contributed by atoms with Crippen molar-refractivity contribution in [3.05, 3.63) is 40.4 Å². The van der Waals surface area contributed by atoms with E-state index in [9.17, 15) is 0 Å². The molecule has 1 spiro atoms. The molecule has 1 aliphatic carbocycles. The van der Waals surface area contributed by atoms with Crippen molar-refractivity contribution in [1.29, 1.82) is 0 Å². The van der Waals surface area contributed by atoms with E-state index in [1.54, 1.807) is 0 Å². The Balaban J connectivity index is 1.90. The average Bonchev–Trinajstić information content (AvgIpc) is 3.10. The van der Waals surface area contributed by atoms with E-state index < -0.39 is 0 Å². The minimum atomic E-state index is 0.0812. The van der Waals surface area contributed by atoms with Crippen LogP contribution in [0.4, 0.5) is 0 Å². The fourth-order valence-electron chi connectivity index (χ4n) is 2.86. The highest BCUT2D eigenvalue weighted by atomic mass is 35.5. The SMILES string of the molecule is CC1CCCC(=Cc2ccc(Cl)cc2)C12CO2. The summed E-state index contributed by atoms with van der Waals surface area (Å²) in [6.45, 7) is 3.22. The highest BCUT2D eigenvalue weighted by Crippen LogP contribution is 2.49. The van der Waals surface area contributed by atoms with Gasteiger partial charge in [0.05, 0.1) is 6.61 Å². The number of epoxide rings is 1. The molecule has 1 saturated carbocycles. The van der Waals surface area contributed by atoms with Crippen LogP contribution in [0.1, 0.15) is 31.7 Å². The van der Waals surface area contributed by atoms with Gasteiger partial charge in [0.2, 0.25) is 0 Å². The van der Waals surface area contributed by atoms with E-state index in [-0.39, 0.29) is 5.60 Å². The van der Waals surface area contributed by atoms with Gasteiger partial charge in [-0.25, -0.2) is 0 Å². The lowest BCUT2D eigenvalue weighted by atomic mass is 9.76. The minimum Gasteiger partial charge on any atom is -0.365 e. The Morgan fingerprint density at radius 1 is 1.35 bits per heavy atom. The van der Waals surface area contributed by atoms with Crippen molar-refractivity contribution in [3.8, 4) is 0 Å². The summed E-state index contributed by atoms with van der Waals surface area (Å²) in [6, 6.07) is 8.04. The zero-order chi connectivity index (χ0) is 11.9. The van der Waals surface area contributed by atoms with Crippen LogP contribution in [0.2, 0.25) is 5.02 Å². The van der Waals surface area contributed by atoms with Gasteiger partial charge in [0.25, 0.3) is 0 Å². The molecule has 2 heteroatoms. The first-order valence-corrected chi connectivity index (χ1v) is 6.69. The second kappa shape index (κ2) is 4.15. The molecule has 1 aliphatic heterocycles. The third-order valence-electron chi connectivity index (χ3n) is 4.09. The standard InChI is InChI=1S/C15H17ClO/c1-11-3-2-4-13(15(11)10-17-15)9-12-5-7-14(16)8-6-12/h5-9,11H,2-4,10H2,1H3. The molecule has 3 rings (SSSR count). The molecular weight excluding hydrogens is 232 g/mol. The number of rotatable bonds is 1. The summed E-state index contributed by atoms with van der Waals surface area (Å²) in [5.74, 6) is 0.662. The molecule has 0 amide bonds. The van der Waals surface area contributed by atoms with Crippen LogP contribution in [0.15, 0.2) is 29.8 Å². The quantitative estimate of drug-likeness (QED) is 0.675. The summed E-state index contributed by atoms with van der Waals surface area (Å²) in [4.78, 5) is 0. The Bertz CT molecular complexity index is 442. The topological polar surface area (TPSA) is 12.5 Å². The molecule has 2 unspecified atom stereocenters. The van der Waals surface area contributed by atoms with E-state index in [1.165, 1.54) is 30.4 Å². The fraction of sp³-hybridized carbons (Fsp3) is 0.467. The van der Waals surface area contributed by atoms with Gasteiger partial charge in [0.15, 0.2) is 0 Å². The third-order valence-corrected chi connectivity index (χ3v) is 4.34. The fourth-order valence-corrected chi connectivity index (χ4v) is 2.99. The zero-order valence-electron chi connectivity index (χ0n) is 10.1. The number of halogens is 1. The second-order valence-electron chi connectivity index (χ2n) is 5.19. The first-order chi connectivity index (χ1) is 8.21. The van der Waals surface area contributed by atoms with E-state index in [0.29, 0.717) is 5.92 Å². The van der Waals surface area contributed by atoms with Gasteiger partial charge in [-0.15, -0.1) is 0 Å². The maximum Gasteiger partial charge on any atom is 0.115 e. The first-order valence-electron chi connectivity index (χ1n) is 6.31. The van der Waals surface area contributed by atoms with E-state index in [2.05, 4.69) is 25.1 Å². The minimum absolute atomic E-state index is 0.0812. The Kier molecular flexibility index (Phi) is 2.76. The average molecular weight is 249 g/mol. The largest absolute Gasteiger partial charge is 0.365 e. The molecule has 1 heterocycles. The predicted molar refractivity (Wildman–Crippen MR) is 71.1 cm³/mol. The highest BCUT2D eigenvalue weighted by Gasteiger charge is 2.53. The van der Waals surface area contributed by atoms with Gasteiger partial charge in [0.1, 0.15) is 5.60 Å². The van der Waals surface area contributed by atoms with Crippen LogP contribution in [0.25, 0.3) is 6.08 Å². The molecule has 2 atom stereocenters. The lowest BCUT2D eigenvalue weighted by molar-refractivity contribution is 0.226. The summed E-state index contributed by atoms with van der Waals surface area (Å²) < 4.78 is 5.76. The van der Waals surface area contributed by atoms with E-state index in [0.717, 1.165) is 11.6 Å². The van der Waals surface area contributed by atoms with Crippen LogP contribution in [-0.4, -0.2) is 12.2 Å². The highest BCUT2D eigenvalue weighted by molar-refractivity contribution is 6.30. The van der Waals surface area contributed by atoms with Crippen LogP contribution in [0, 0.1) is 5.92 Å². The molecule has 1 aromatic rings. The first kappa shape index (κ1) is 11.3. The van der Waals surface area contributed by atoms with E-state index in [4.69, 9.17) is 16.3 Å². The number of ether oxygens (including phenoxy) is 1. The van der Waals surface area contributed by atoms with Crippen molar-refractivity contribution in [3.63, 3.8) is 0 Å². The van der Waals surface area contributed by atoms with E-state index >= 15 is 0 Å². The third kappa shape index (κ3) is 2.02. The van der Waals surface area contributed by atoms with Gasteiger partial charge >= 0.3 is 0 Å².